The summed E-state index contributed by atoms with van der Waals surface area (Å²) in [6.45, 7) is 11.3. The third-order valence-electron chi connectivity index (χ3n) is 3.66. The number of rotatable bonds is 6. The van der Waals surface area contributed by atoms with Crippen molar-refractivity contribution in [1.82, 2.24) is 15.5 Å². The highest BCUT2D eigenvalue weighted by atomic mass is 16.1. The number of hydrogen-bond acceptors (Lipinski definition) is 3. The van der Waals surface area contributed by atoms with Gasteiger partial charge in [0.15, 0.2) is 5.69 Å². The van der Waals surface area contributed by atoms with Crippen LogP contribution in [-0.4, -0.2) is 22.6 Å². The number of hydrogen-bond donors (Lipinski definition) is 3. The number of carbonyl (C=O) groups is 1. The summed E-state index contributed by atoms with van der Waals surface area (Å²) >= 11 is 0. The minimum Gasteiger partial charge on any atom is -0.395 e. The number of anilines is 1. The molecule has 1 aromatic heterocycles. The number of nitrogens with two attached hydrogens (primary N) is 1. The molecule has 0 unspecified atom stereocenters. The first-order chi connectivity index (χ1) is 8.88. The van der Waals surface area contributed by atoms with Gasteiger partial charge in [0, 0.05) is 6.54 Å². The molecule has 0 saturated carbocycles. The zero-order chi connectivity index (χ0) is 14.6. The van der Waals surface area contributed by atoms with Crippen LogP contribution in [0.3, 0.4) is 0 Å². The molecule has 0 aliphatic heterocycles. The Morgan fingerprint density at radius 3 is 2.32 bits per heavy atom. The largest absolute Gasteiger partial charge is 0.395 e. The van der Waals surface area contributed by atoms with Gasteiger partial charge in [-0.25, -0.2) is 0 Å². The molecular weight excluding hydrogens is 240 g/mol. The number of nitrogens with one attached hydrogen (secondary N) is 2. The van der Waals surface area contributed by atoms with E-state index in [1.807, 2.05) is 6.92 Å². The molecule has 0 radical (unpaired) electrons. The van der Waals surface area contributed by atoms with Crippen LogP contribution in [0.1, 0.15) is 50.8 Å². The first kappa shape index (κ1) is 15.5. The maximum atomic E-state index is 12.1. The molecule has 0 aliphatic rings. The number of nitrogens with zero attached hydrogens (tertiary/aromatic N) is 1. The van der Waals surface area contributed by atoms with E-state index >= 15 is 0 Å². The molecule has 1 amide bonds. The molecule has 0 saturated heterocycles. The minimum absolute atomic E-state index is 0.195. The normalized spacial score (nSPS) is 11.6. The van der Waals surface area contributed by atoms with E-state index in [1.54, 1.807) is 0 Å². The standard InChI is InChI=1S/C14H26N4O/c1-6-11-12(15)13(18-17-11)14(19)16-7-10(8(2)3)9(4)5/h8-10H,6-7,15H2,1-5H3,(H,16,19)(H,17,18). The Morgan fingerprint density at radius 2 is 1.89 bits per heavy atom. The van der Waals surface area contributed by atoms with E-state index in [1.165, 1.54) is 0 Å². The zero-order valence-corrected chi connectivity index (χ0v) is 12.6. The Labute approximate surface area is 115 Å². The number of carbonyl (C=O) groups excluding carboxylic acids is 1. The van der Waals surface area contributed by atoms with Crippen LogP contribution in [0.15, 0.2) is 0 Å². The quantitative estimate of drug-likeness (QED) is 0.738. The van der Waals surface area contributed by atoms with Gasteiger partial charge in [-0.15, -0.1) is 0 Å². The van der Waals surface area contributed by atoms with Gasteiger partial charge in [-0.1, -0.05) is 34.6 Å². The average Bonchev–Trinajstić information content (AvgIpc) is 2.69. The first-order valence-corrected chi connectivity index (χ1v) is 6.99. The third-order valence-corrected chi connectivity index (χ3v) is 3.66. The van der Waals surface area contributed by atoms with Gasteiger partial charge in [0.25, 0.3) is 5.91 Å². The number of aromatic amines is 1. The minimum atomic E-state index is -0.195. The summed E-state index contributed by atoms with van der Waals surface area (Å²) in [5, 5.41) is 9.73. The summed E-state index contributed by atoms with van der Waals surface area (Å²) in [7, 11) is 0. The second-order valence-electron chi connectivity index (χ2n) is 5.68. The van der Waals surface area contributed by atoms with Crippen molar-refractivity contribution in [3.63, 3.8) is 0 Å². The van der Waals surface area contributed by atoms with E-state index in [4.69, 9.17) is 5.73 Å². The third kappa shape index (κ3) is 3.72. The molecule has 19 heavy (non-hydrogen) atoms. The van der Waals surface area contributed by atoms with E-state index in [-0.39, 0.29) is 5.91 Å². The zero-order valence-electron chi connectivity index (χ0n) is 12.6. The summed E-state index contributed by atoms with van der Waals surface area (Å²) in [5.74, 6) is 1.32. The van der Waals surface area contributed by atoms with Gasteiger partial charge in [-0.2, -0.15) is 5.10 Å². The monoisotopic (exact) mass is 266 g/mol. The van der Waals surface area contributed by atoms with Crippen molar-refractivity contribution < 1.29 is 4.79 Å². The van der Waals surface area contributed by atoms with Crippen LogP contribution in [-0.2, 0) is 6.42 Å². The molecule has 5 heteroatoms. The van der Waals surface area contributed by atoms with E-state index in [0.29, 0.717) is 35.7 Å². The van der Waals surface area contributed by atoms with Crippen molar-refractivity contribution in [1.29, 1.82) is 0 Å². The predicted octanol–water partition coefficient (Wildman–Crippen LogP) is 2.21. The lowest BCUT2D eigenvalue weighted by molar-refractivity contribution is 0.0933. The molecule has 0 fully saturated rings. The van der Waals surface area contributed by atoms with Crippen molar-refractivity contribution in [2.75, 3.05) is 12.3 Å². The van der Waals surface area contributed by atoms with Gasteiger partial charge in [0.2, 0.25) is 0 Å². The number of H-pyrrole nitrogens is 1. The molecule has 1 aromatic rings. The molecule has 0 spiro atoms. The van der Waals surface area contributed by atoms with Crippen LogP contribution in [0.2, 0.25) is 0 Å². The predicted molar refractivity (Wildman–Crippen MR) is 77.9 cm³/mol. The van der Waals surface area contributed by atoms with E-state index in [2.05, 4.69) is 43.2 Å². The highest BCUT2D eigenvalue weighted by Crippen LogP contribution is 2.20. The van der Waals surface area contributed by atoms with E-state index in [9.17, 15) is 4.79 Å². The second-order valence-corrected chi connectivity index (χ2v) is 5.68. The number of amides is 1. The maximum absolute atomic E-state index is 12.1. The van der Waals surface area contributed by atoms with Crippen LogP contribution >= 0.6 is 0 Å². The fraction of sp³-hybridized carbons (Fsp3) is 0.714. The highest BCUT2D eigenvalue weighted by Gasteiger charge is 2.21. The SMILES string of the molecule is CCc1[nH]nc(C(=O)NCC(C(C)C)C(C)C)c1N. The van der Waals surface area contributed by atoms with Crippen molar-refractivity contribution >= 4 is 11.6 Å². The number of nitrogen functional groups attached to an aromatic ring is 1. The lowest BCUT2D eigenvalue weighted by atomic mass is 9.85. The van der Waals surface area contributed by atoms with Crippen molar-refractivity contribution in [2.24, 2.45) is 17.8 Å². The lowest BCUT2D eigenvalue weighted by Gasteiger charge is -2.24. The van der Waals surface area contributed by atoms with E-state index < -0.39 is 0 Å². The van der Waals surface area contributed by atoms with Gasteiger partial charge in [0.05, 0.1) is 11.4 Å². The fourth-order valence-corrected chi connectivity index (χ4v) is 2.36. The molecule has 0 aliphatic carbocycles. The summed E-state index contributed by atoms with van der Waals surface area (Å²) in [6.07, 6.45) is 0.743. The molecule has 0 aromatic carbocycles. The van der Waals surface area contributed by atoms with Gasteiger partial charge in [-0.05, 0) is 24.2 Å². The second kappa shape index (κ2) is 6.59. The van der Waals surface area contributed by atoms with Gasteiger partial charge in [-0.3, -0.25) is 9.89 Å². The molecule has 108 valence electrons. The maximum Gasteiger partial charge on any atom is 0.273 e. The van der Waals surface area contributed by atoms with Gasteiger partial charge < -0.3 is 11.1 Å². The highest BCUT2D eigenvalue weighted by molar-refractivity contribution is 5.97. The Hall–Kier alpha value is -1.52. The molecule has 1 heterocycles. The van der Waals surface area contributed by atoms with Crippen LogP contribution in [0.5, 0.6) is 0 Å². The fourth-order valence-electron chi connectivity index (χ4n) is 2.36. The number of aromatic nitrogens is 2. The smallest absolute Gasteiger partial charge is 0.273 e. The summed E-state index contributed by atoms with van der Waals surface area (Å²) in [4.78, 5) is 12.1. The lowest BCUT2D eigenvalue weighted by Crippen LogP contribution is -2.34. The number of aryl methyl sites for hydroxylation is 1. The summed E-state index contributed by atoms with van der Waals surface area (Å²) in [5.41, 5.74) is 7.47. The summed E-state index contributed by atoms with van der Waals surface area (Å²) in [6, 6.07) is 0. The molecule has 4 N–H and O–H groups in total. The Balaban J connectivity index is 2.67. The van der Waals surface area contributed by atoms with Crippen LogP contribution in [0, 0.1) is 17.8 Å². The van der Waals surface area contributed by atoms with Crippen LogP contribution in [0.4, 0.5) is 5.69 Å². The van der Waals surface area contributed by atoms with Crippen LogP contribution < -0.4 is 11.1 Å². The molecule has 0 atom stereocenters. The molecule has 5 nitrogen and oxygen atoms in total. The Morgan fingerprint density at radius 1 is 1.32 bits per heavy atom. The Bertz CT molecular complexity index is 415. The summed E-state index contributed by atoms with van der Waals surface area (Å²) < 4.78 is 0. The van der Waals surface area contributed by atoms with E-state index in [0.717, 1.165) is 12.1 Å². The first-order valence-electron chi connectivity index (χ1n) is 6.99. The van der Waals surface area contributed by atoms with Gasteiger partial charge >= 0.3 is 0 Å². The molecule has 1 rings (SSSR count). The van der Waals surface area contributed by atoms with Crippen LogP contribution in [0.25, 0.3) is 0 Å². The molecule has 0 bridgehead atoms. The molecular formula is C14H26N4O. The Kier molecular flexibility index (Phi) is 5.39. The average molecular weight is 266 g/mol. The van der Waals surface area contributed by atoms with Crippen molar-refractivity contribution in [3.05, 3.63) is 11.4 Å². The van der Waals surface area contributed by atoms with Crippen molar-refractivity contribution in [2.45, 2.75) is 41.0 Å². The topological polar surface area (TPSA) is 83.8 Å². The van der Waals surface area contributed by atoms with Gasteiger partial charge in [0.1, 0.15) is 0 Å². The van der Waals surface area contributed by atoms with Crippen molar-refractivity contribution in [3.8, 4) is 0 Å².